The molecule has 0 radical (unpaired) electrons. The Labute approximate surface area is 123 Å². The Hall–Kier alpha value is -1.80. The number of benzene rings is 2. The molecule has 0 atom stereocenters. The lowest BCUT2D eigenvalue weighted by Crippen LogP contribution is -2.12. The highest BCUT2D eigenvalue weighted by atomic mass is 35.5. The van der Waals surface area contributed by atoms with Crippen LogP contribution in [0.4, 0.5) is 0 Å². The fraction of sp³-hybridized carbons (Fsp3) is 0.235. The van der Waals surface area contributed by atoms with E-state index in [0.29, 0.717) is 12.5 Å². The molecule has 3 rings (SSSR count). The van der Waals surface area contributed by atoms with Gasteiger partial charge in [-0.1, -0.05) is 48.5 Å². The largest absolute Gasteiger partial charge is 0.465 e. The average Bonchev–Trinajstić information content (AvgIpc) is 2.80. The lowest BCUT2D eigenvalue weighted by Gasteiger charge is -2.13. The molecule has 3 heteroatoms. The van der Waals surface area contributed by atoms with Crippen molar-refractivity contribution in [2.75, 3.05) is 12.5 Å². The number of carbonyl (C=O) groups is 1. The van der Waals surface area contributed by atoms with Crippen LogP contribution < -0.4 is 0 Å². The van der Waals surface area contributed by atoms with Crippen LogP contribution in [0, 0.1) is 0 Å². The number of hydrogen-bond donors (Lipinski definition) is 0. The molecular weight excluding hydrogens is 272 g/mol. The first kappa shape index (κ1) is 13.2. The second-order valence-corrected chi connectivity index (χ2v) is 5.23. The van der Waals surface area contributed by atoms with Crippen molar-refractivity contribution in [1.82, 2.24) is 0 Å². The second-order valence-electron chi connectivity index (χ2n) is 4.85. The van der Waals surface area contributed by atoms with Crippen LogP contribution in [0.15, 0.2) is 48.5 Å². The lowest BCUT2D eigenvalue weighted by atomic mass is 9.98. The van der Waals surface area contributed by atoms with Gasteiger partial charge >= 0.3 is 5.97 Å². The summed E-state index contributed by atoms with van der Waals surface area (Å²) >= 11 is 5.55. The van der Waals surface area contributed by atoms with Crippen molar-refractivity contribution < 1.29 is 9.53 Å². The molecule has 0 unspecified atom stereocenters. The van der Waals surface area contributed by atoms with Gasteiger partial charge in [0.25, 0.3) is 0 Å². The summed E-state index contributed by atoms with van der Waals surface area (Å²) in [6.07, 6.45) is 0.261. The average molecular weight is 287 g/mol. The molecule has 1 aliphatic rings. The van der Waals surface area contributed by atoms with Crippen molar-refractivity contribution in [3.05, 3.63) is 59.7 Å². The number of ether oxygens (including phenoxy) is 1. The molecule has 102 valence electrons. The Morgan fingerprint density at radius 2 is 1.55 bits per heavy atom. The number of esters is 1. The maximum Gasteiger partial charge on any atom is 0.307 e. The summed E-state index contributed by atoms with van der Waals surface area (Å²) < 4.78 is 5.36. The molecule has 2 aromatic carbocycles. The third-order valence-corrected chi connectivity index (χ3v) is 3.86. The SMILES string of the molecule is O=C(CCCl)OCC1c2ccccc2-c2ccccc21. The summed E-state index contributed by atoms with van der Waals surface area (Å²) in [7, 11) is 0. The van der Waals surface area contributed by atoms with E-state index in [2.05, 4.69) is 24.3 Å². The van der Waals surface area contributed by atoms with Crippen LogP contribution in [0.25, 0.3) is 11.1 Å². The molecule has 20 heavy (non-hydrogen) atoms. The van der Waals surface area contributed by atoms with E-state index in [1.165, 1.54) is 22.3 Å². The minimum Gasteiger partial charge on any atom is -0.465 e. The molecule has 0 spiro atoms. The van der Waals surface area contributed by atoms with Crippen LogP contribution in [0.5, 0.6) is 0 Å². The summed E-state index contributed by atoms with van der Waals surface area (Å²) in [5.74, 6) is 0.194. The van der Waals surface area contributed by atoms with Gasteiger partial charge in [-0.05, 0) is 22.3 Å². The Morgan fingerprint density at radius 1 is 1.00 bits per heavy atom. The van der Waals surface area contributed by atoms with Crippen molar-refractivity contribution >= 4 is 17.6 Å². The molecular formula is C17H15ClO2. The first-order valence-electron chi connectivity index (χ1n) is 6.71. The van der Waals surface area contributed by atoms with Gasteiger partial charge in [0, 0.05) is 11.8 Å². The smallest absolute Gasteiger partial charge is 0.307 e. The normalized spacial score (nSPS) is 12.8. The summed E-state index contributed by atoms with van der Waals surface area (Å²) in [6, 6.07) is 16.6. The van der Waals surface area contributed by atoms with Crippen LogP contribution in [-0.2, 0) is 9.53 Å². The summed E-state index contributed by atoms with van der Waals surface area (Å²) in [6.45, 7) is 0.379. The first-order chi connectivity index (χ1) is 9.81. The maximum absolute atomic E-state index is 11.5. The molecule has 0 bridgehead atoms. The van der Waals surface area contributed by atoms with Gasteiger partial charge < -0.3 is 4.74 Å². The zero-order valence-electron chi connectivity index (χ0n) is 11.0. The Kier molecular flexibility index (Phi) is 3.75. The molecule has 0 heterocycles. The van der Waals surface area contributed by atoms with Gasteiger partial charge in [0.1, 0.15) is 6.61 Å². The number of rotatable bonds is 4. The van der Waals surface area contributed by atoms with Crippen LogP contribution in [0.3, 0.4) is 0 Å². The van der Waals surface area contributed by atoms with E-state index >= 15 is 0 Å². The number of carbonyl (C=O) groups excluding carboxylic acids is 1. The van der Waals surface area contributed by atoms with E-state index in [1.807, 2.05) is 24.3 Å². The third kappa shape index (κ3) is 2.32. The van der Waals surface area contributed by atoms with E-state index in [1.54, 1.807) is 0 Å². The molecule has 0 aromatic heterocycles. The monoisotopic (exact) mass is 286 g/mol. The number of hydrogen-bond acceptors (Lipinski definition) is 2. The predicted octanol–water partition coefficient (Wildman–Crippen LogP) is 3.97. The third-order valence-electron chi connectivity index (χ3n) is 3.67. The summed E-state index contributed by atoms with van der Waals surface area (Å²) in [5, 5.41) is 0. The quantitative estimate of drug-likeness (QED) is 0.628. The Balaban J connectivity index is 1.89. The minimum absolute atomic E-state index is 0.127. The molecule has 0 N–H and O–H groups in total. The van der Waals surface area contributed by atoms with Gasteiger partial charge in [0.05, 0.1) is 6.42 Å². The van der Waals surface area contributed by atoms with E-state index < -0.39 is 0 Å². The van der Waals surface area contributed by atoms with Gasteiger partial charge in [-0.2, -0.15) is 0 Å². The molecule has 0 amide bonds. The van der Waals surface area contributed by atoms with E-state index in [9.17, 15) is 4.79 Å². The zero-order chi connectivity index (χ0) is 13.9. The maximum atomic E-state index is 11.5. The Bertz CT molecular complexity index is 591. The van der Waals surface area contributed by atoms with Crippen LogP contribution in [0.2, 0.25) is 0 Å². The fourth-order valence-electron chi connectivity index (χ4n) is 2.76. The van der Waals surface area contributed by atoms with Crippen LogP contribution in [-0.4, -0.2) is 18.5 Å². The molecule has 2 aromatic rings. The van der Waals surface area contributed by atoms with Crippen LogP contribution >= 0.6 is 11.6 Å². The highest BCUT2D eigenvalue weighted by molar-refractivity contribution is 6.18. The molecule has 0 aliphatic heterocycles. The molecule has 1 aliphatic carbocycles. The highest BCUT2D eigenvalue weighted by Crippen LogP contribution is 2.44. The van der Waals surface area contributed by atoms with Crippen LogP contribution in [0.1, 0.15) is 23.5 Å². The summed E-state index contributed by atoms with van der Waals surface area (Å²) in [4.78, 5) is 11.5. The number of alkyl halides is 1. The lowest BCUT2D eigenvalue weighted by molar-refractivity contribution is -0.143. The standard InChI is InChI=1S/C17H15ClO2/c18-10-9-17(19)20-11-16-14-7-3-1-5-12(14)13-6-2-4-8-15(13)16/h1-8,16H,9-11H2. The second kappa shape index (κ2) is 5.68. The van der Waals surface area contributed by atoms with E-state index in [0.717, 1.165) is 0 Å². The predicted molar refractivity (Wildman–Crippen MR) is 80.0 cm³/mol. The van der Waals surface area contributed by atoms with Crippen molar-refractivity contribution in [2.45, 2.75) is 12.3 Å². The van der Waals surface area contributed by atoms with E-state index in [4.69, 9.17) is 16.3 Å². The van der Waals surface area contributed by atoms with Crippen molar-refractivity contribution in [3.8, 4) is 11.1 Å². The zero-order valence-corrected chi connectivity index (χ0v) is 11.8. The Morgan fingerprint density at radius 3 is 2.10 bits per heavy atom. The van der Waals surface area contributed by atoms with Gasteiger partial charge in [-0.15, -0.1) is 11.6 Å². The fourth-order valence-corrected chi connectivity index (χ4v) is 2.92. The van der Waals surface area contributed by atoms with Gasteiger partial charge in [0.15, 0.2) is 0 Å². The van der Waals surface area contributed by atoms with Crippen molar-refractivity contribution in [3.63, 3.8) is 0 Å². The van der Waals surface area contributed by atoms with Crippen molar-refractivity contribution in [1.29, 1.82) is 0 Å². The minimum atomic E-state index is -0.234. The topological polar surface area (TPSA) is 26.3 Å². The molecule has 2 nitrogen and oxygen atoms in total. The molecule has 0 fully saturated rings. The number of fused-ring (bicyclic) bond motifs is 3. The first-order valence-corrected chi connectivity index (χ1v) is 7.24. The van der Waals surface area contributed by atoms with Gasteiger partial charge in [0.2, 0.25) is 0 Å². The summed E-state index contributed by atoms with van der Waals surface area (Å²) in [5.41, 5.74) is 4.93. The van der Waals surface area contributed by atoms with E-state index in [-0.39, 0.29) is 18.3 Å². The van der Waals surface area contributed by atoms with Gasteiger partial charge in [-0.3, -0.25) is 4.79 Å². The van der Waals surface area contributed by atoms with Crippen molar-refractivity contribution in [2.24, 2.45) is 0 Å². The van der Waals surface area contributed by atoms with Gasteiger partial charge in [-0.25, -0.2) is 0 Å². The highest BCUT2D eigenvalue weighted by Gasteiger charge is 2.28. The molecule has 0 saturated carbocycles. The molecule has 0 saturated heterocycles. The number of halogens is 1.